The van der Waals surface area contributed by atoms with Gasteiger partial charge in [-0.15, -0.1) is 6.58 Å². The molecule has 0 bridgehead atoms. The number of carbonyl (C=O) groups is 3. The highest BCUT2D eigenvalue weighted by molar-refractivity contribution is 5.73. The molecule has 6 heteroatoms. The first-order valence-electron chi connectivity index (χ1n) is 6.41. The molecule has 0 rings (SSSR count). The fraction of sp³-hybridized carbons (Fsp3) is 0.400. The number of nitrogens with zero attached hydrogens (tertiary/aromatic N) is 1. The van der Waals surface area contributed by atoms with Crippen LogP contribution in [0.25, 0.3) is 0 Å². The SMILES string of the molecule is C=CCN(C/C=C/C(=C/COC(C)=O)OC(C)=O)C(C)=O. The lowest BCUT2D eigenvalue weighted by Gasteiger charge is -2.16. The summed E-state index contributed by atoms with van der Waals surface area (Å²) in [4.78, 5) is 34.5. The summed E-state index contributed by atoms with van der Waals surface area (Å²) in [7, 11) is 0. The first-order chi connectivity index (χ1) is 9.86. The number of hydrogen-bond donors (Lipinski definition) is 0. The van der Waals surface area contributed by atoms with Crippen LogP contribution in [0.4, 0.5) is 0 Å². The summed E-state index contributed by atoms with van der Waals surface area (Å²) in [5.74, 6) is -0.738. The lowest BCUT2D eigenvalue weighted by Crippen LogP contribution is -2.28. The van der Waals surface area contributed by atoms with Crippen molar-refractivity contribution >= 4 is 17.8 Å². The Labute approximate surface area is 124 Å². The van der Waals surface area contributed by atoms with E-state index in [2.05, 4.69) is 6.58 Å². The summed E-state index contributed by atoms with van der Waals surface area (Å²) >= 11 is 0. The fourth-order valence-corrected chi connectivity index (χ4v) is 1.33. The van der Waals surface area contributed by atoms with Crippen molar-refractivity contribution in [2.45, 2.75) is 20.8 Å². The Hall–Kier alpha value is -2.37. The van der Waals surface area contributed by atoms with Gasteiger partial charge in [0.25, 0.3) is 0 Å². The molecule has 0 unspecified atom stereocenters. The predicted octanol–water partition coefficient (Wildman–Crippen LogP) is 1.59. The number of allylic oxidation sites excluding steroid dienone is 1. The van der Waals surface area contributed by atoms with E-state index in [1.54, 1.807) is 23.1 Å². The van der Waals surface area contributed by atoms with Crippen LogP contribution in [0.2, 0.25) is 0 Å². The van der Waals surface area contributed by atoms with Gasteiger partial charge in [-0.25, -0.2) is 0 Å². The summed E-state index contributed by atoms with van der Waals surface area (Å²) in [5, 5.41) is 0. The quantitative estimate of drug-likeness (QED) is 0.294. The molecule has 0 aliphatic rings. The first kappa shape index (κ1) is 18.6. The summed E-state index contributed by atoms with van der Waals surface area (Å²) in [6, 6.07) is 0. The van der Waals surface area contributed by atoms with Crippen molar-refractivity contribution in [3.63, 3.8) is 0 Å². The average molecular weight is 295 g/mol. The Balaban J connectivity index is 4.66. The number of ether oxygens (including phenoxy) is 2. The monoisotopic (exact) mass is 295 g/mol. The lowest BCUT2D eigenvalue weighted by molar-refractivity contribution is -0.139. The zero-order chi connectivity index (χ0) is 16.3. The van der Waals surface area contributed by atoms with E-state index >= 15 is 0 Å². The summed E-state index contributed by atoms with van der Waals surface area (Å²) in [6.45, 7) is 8.38. The molecule has 116 valence electrons. The van der Waals surface area contributed by atoms with E-state index in [0.717, 1.165) is 0 Å². The van der Waals surface area contributed by atoms with E-state index in [1.807, 2.05) is 0 Å². The minimum atomic E-state index is -0.483. The van der Waals surface area contributed by atoms with E-state index in [0.29, 0.717) is 13.1 Å². The van der Waals surface area contributed by atoms with Crippen LogP contribution < -0.4 is 0 Å². The van der Waals surface area contributed by atoms with Gasteiger partial charge in [-0.1, -0.05) is 12.2 Å². The molecule has 0 fully saturated rings. The van der Waals surface area contributed by atoms with Gasteiger partial charge in [-0.3, -0.25) is 14.4 Å². The topological polar surface area (TPSA) is 72.9 Å². The molecule has 0 saturated carbocycles. The zero-order valence-electron chi connectivity index (χ0n) is 12.6. The highest BCUT2D eigenvalue weighted by Crippen LogP contribution is 2.02. The van der Waals surface area contributed by atoms with Crippen LogP contribution in [0.15, 0.2) is 36.6 Å². The molecule has 0 spiro atoms. The normalized spacial score (nSPS) is 11.1. The molecule has 1 amide bonds. The molecular weight excluding hydrogens is 274 g/mol. The van der Waals surface area contributed by atoms with Crippen molar-refractivity contribution in [1.82, 2.24) is 4.90 Å². The molecule has 21 heavy (non-hydrogen) atoms. The van der Waals surface area contributed by atoms with Gasteiger partial charge in [0.05, 0.1) is 0 Å². The average Bonchev–Trinajstić information content (AvgIpc) is 2.36. The van der Waals surface area contributed by atoms with Crippen molar-refractivity contribution in [3.8, 4) is 0 Å². The Kier molecular flexibility index (Phi) is 9.25. The van der Waals surface area contributed by atoms with Crippen LogP contribution in [-0.4, -0.2) is 42.4 Å². The molecule has 0 aliphatic carbocycles. The molecular formula is C15H21NO5. The van der Waals surface area contributed by atoms with Gasteiger partial charge in [0.1, 0.15) is 12.4 Å². The van der Waals surface area contributed by atoms with E-state index in [4.69, 9.17) is 9.47 Å². The minimum Gasteiger partial charge on any atom is -0.461 e. The Morgan fingerprint density at radius 3 is 2.24 bits per heavy atom. The summed E-state index contributed by atoms with van der Waals surface area (Å²) < 4.78 is 9.69. The van der Waals surface area contributed by atoms with Gasteiger partial charge < -0.3 is 14.4 Å². The lowest BCUT2D eigenvalue weighted by atomic mass is 10.3. The fourth-order valence-electron chi connectivity index (χ4n) is 1.33. The van der Waals surface area contributed by atoms with E-state index in [-0.39, 0.29) is 18.3 Å². The largest absolute Gasteiger partial charge is 0.461 e. The van der Waals surface area contributed by atoms with E-state index in [9.17, 15) is 14.4 Å². The second kappa shape index (κ2) is 10.4. The van der Waals surface area contributed by atoms with Crippen molar-refractivity contribution in [1.29, 1.82) is 0 Å². The minimum absolute atomic E-state index is 0.00532. The smallest absolute Gasteiger partial charge is 0.308 e. The Morgan fingerprint density at radius 1 is 1.10 bits per heavy atom. The van der Waals surface area contributed by atoms with Gasteiger partial charge in [-0.2, -0.15) is 0 Å². The number of esters is 2. The number of carbonyl (C=O) groups excluding carboxylic acids is 3. The van der Waals surface area contributed by atoms with E-state index in [1.165, 1.54) is 26.8 Å². The van der Waals surface area contributed by atoms with Gasteiger partial charge in [0.15, 0.2) is 0 Å². The van der Waals surface area contributed by atoms with Crippen LogP contribution in [0, 0.1) is 0 Å². The van der Waals surface area contributed by atoms with Gasteiger partial charge in [0.2, 0.25) is 5.91 Å². The molecule has 0 atom stereocenters. The Morgan fingerprint density at radius 2 is 1.76 bits per heavy atom. The molecule has 0 aliphatic heterocycles. The van der Waals surface area contributed by atoms with Crippen LogP contribution in [-0.2, 0) is 23.9 Å². The number of rotatable bonds is 8. The third-order valence-corrected chi connectivity index (χ3v) is 2.24. The van der Waals surface area contributed by atoms with Crippen LogP contribution >= 0.6 is 0 Å². The third kappa shape index (κ3) is 10.1. The summed E-state index contributed by atoms with van der Waals surface area (Å²) in [5.41, 5.74) is 0. The molecule has 0 aromatic carbocycles. The Bertz CT molecular complexity index is 451. The van der Waals surface area contributed by atoms with Crippen molar-refractivity contribution in [3.05, 3.63) is 36.6 Å². The molecule has 0 heterocycles. The van der Waals surface area contributed by atoms with Gasteiger partial charge >= 0.3 is 11.9 Å². The van der Waals surface area contributed by atoms with Crippen molar-refractivity contribution in [2.75, 3.05) is 19.7 Å². The maximum Gasteiger partial charge on any atom is 0.308 e. The highest BCUT2D eigenvalue weighted by atomic mass is 16.5. The van der Waals surface area contributed by atoms with Crippen molar-refractivity contribution in [2.24, 2.45) is 0 Å². The third-order valence-electron chi connectivity index (χ3n) is 2.24. The van der Waals surface area contributed by atoms with Gasteiger partial charge in [-0.05, 0) is 12.2 Å². The zero-order valence-corrected chi connectivity index (χ0v) is 12.6. The summed E-state index contributed by atoms with van der Waals surface area (Å²) in [6.07, 6.45) is 6.31. The molecule has 0 N–H and O–H groups in total. The molecule has 0 aromatic heterocycles. The molecule has 0 radical (unpaired) electrons. The van der Waals surface area contributed by atoms with Crippen LogP contribution in [0.5, 0.6) is 0 Å². The maximum absolute atomic E-state index is 11.3. The number of amides is 1. The number of hydrogen-bond acceptors (Lipinski definition) is 5. The molecule has 0 saturated heterocycles. The molecule has 0 aromatic rings. The second-order valence-electron chi connectivity index (χ2n) is 4.12. The highest BCUT2D eigenvalue weighted by Gasteiger charge is 2.04. The first-order valence-corrected chi connectivity index (χ1v) is 6.41. The second-order valence-corrected chi connectivity index (χ2v) is 4.12. The van der Waals surface area contributed by atoms with E-state index < -0.39 is 11.9 Å². The predicted molar refractivity (Wildman–Crippen MR) is 78.1 cm³/mol. The van der Waals surface area contributed by atoms with Crippen molar-refractivity contribution < 1.29 is 23.9 Å². The van der Waals surface area contributed by atoms with Gasteiger partial charge in [0, 0.05) is 33.9 Å². The standard InChI is InChI=1S/C15H21NO5/c1-5-9-16(12(2)17)10-6-7-15(21-14(4)19)8-11-20-13(3)18/h5-8H,1,9-11H2,2-4H3/b7-6+,15-8-. The molecule has 6 nitrogen and oxygen atoms in total. The van der Waals surface area contributed by atoms with Crippen LogP contribution in [0.1, 0.15) is 20.8 Å². The van der Waals surface area contributed by atoms with Crippen LogP contribution in [0.3, 0.4) is 0 Å². The maximum atomic E-state index is 11.3.